The lowest BCUT2D eigenvalue weighted by molar-refractivity contribution is 0.102. The molecule has 0 radical (unpaired) electrons. The minimum atomic E-state index is -0.603. The quantitative estimate of drug-likeness (QED) is 0.814. The van der Waals surface area contributed by atoms with E-state index < -0.39 is 11.5 Å². The number of rotatable bonds is 4. The standard InChI is InChI=1S/C23H30N2O4/c1-14-11-19(15-7-6-10-24-13-15)29-22(27)20(14)21(26)25-17-12-16(23(2,3)4)8-9-18(17)28-5/h8-9,11-12,15,24H,6-7,10,13H2,1-5H3,(H,25,26). The van der Waals surface area contributed by atoms with Gasteiger partial charge in [0.25, 0.3) is 5.91 Å². The van der Waals surface area contributed by atoms with Gasteiger partial charge in [0.1, 0.15) is 17.1 Å². The molecule has 1 amide bonds. The van der Waals surface area contributed by atoms with Crippen LogP contribution in [0.3, 0.4) is 0 Å². The summed E-state index contributed by atoms with van der Waals surface area (Å²) in [5.74, 6) is 0.853. The summed E-state index contributed by atoms with van der Waals surface area (Å²) >= 11 is 0. The number of amides is 1. The highest BCUT2D eigenvalue weighted by molar-refractivity contribution is 6.05. The van der Waals surface area contributed by atoms with E-state index in [0.717, 1.165) is 31.5 Å². The number of hydrogen-bond donors (Lipinski definition) is 2. The smallest absolute Gasteiger partial charge is 0.349 e. The van der Waals surface area contributed by atoms with E-state index in [4.69, 9.17) is 9.15 Å². The number of carbonyl (C=O) groups is 1. The van der Waals surface area contributed by atoms with E-state index in [-0.39, 0.29) is 16.9 Å². The summed E-state index contributed by atoms with van der Waals surface area (Å²) in [5.41, 5.74) is 1.54. The number of nitrogens with one attached hydrogen (secondary N) is 2. The SMILES string of the molecule is COc1ccc(C(C)(C)C)cc1NC(=O)c1c(C)cc(C2CCCNC2)oc1=O. The van der Waals surface area contributed by atoms with Crippen LogP contribution >= 0.6 is 0 Å². The molecular formula is C23H30N2O4. The Morgan fingerprint density at radius 3 is 2.62 bits per heavy atom. The molecule has 1 atom stereocenters. The maximum Gasteiger partial charge on any atom is 0.349 e. The van der Waals surface area contributed by atoms with Crippen LogP contribution in [0.2, 0.25) is 0 Å². The number of methoxy groups -OCH3 is 1. The molecule has 1 fully saturated rings. The van der Waals surface area contributed by atoms with Gasteiger partial charge in [0.05, 0.1) is 12.8 Å². The highest BCUT2D eigenvalue weighted by Crippen LogP contribution is 2.32. The normalized spacial score (nSPS) is 17.1. The predicted octanol–water partition coefficient (Wildman–Crippen LogP) is 3.97. The monoisotopic (exact) mass is 398 g/mol. The molecule has 3 rings (SSSR count). The molecule has 1 aromatic heterocycles. The van der Waals surface area contributed by atoms with E-state index >= 15 is 0 Å². The first-order valence-electron chi connectivity index (χ1n) is 10.1. The molecule has 1 aromatic carbocycles. The van der Waals surface area contributed by atoms with Crippen molar-refractivity contribution < 1.29 is 13.9 Å². The molecular weight excluding hydrogens is 368 g/mol. The summed E-state index contributed by atoms with van der Waals surface area (Å²) in [7, 11) is 1.55. The van der Waals surface area contributed by atoms with Crippen LogP contribution < -0.4 is 21.0 Å². The summed E-state index contributed by atoms with van der Waals surface area (Å²) in [4.78, 5) is 25.6. The molecule has 2 N–H and O–H groups in total. The zero-order valence-corrected chi connectivity index (χ0v) is 17.8. The number of piperidine rings is 1. The molecule has 0 spiro atoms. The molecule has 29 heavy (non-hydrogen) atoms. The summed E-state index contributed by atoms with van der Waals surface area (Å²) < 4.78 is 10.9. The van der Waals surface area contributed by atoms with E-state index in [1.54, 1.807) is 14.0 Å². The molecule has 156 valence electrons. The fourth-order valence-corrected chi connectivity index (χ4v) is 3.66. The van der Waals surface area contributed by atoms with Gasteiger partial charge in [0.15, 0.2) is 0 Å². The summed E-state index contributed by atoms with van der Waals surface area (Å²) in [6.07, 6.45) is 2.01. The van der Waals surface area contributed by atoms with Gasteiger partial charge >= 0.3 is 5.63 Å². The lowest BCUT2D eigenvalue weighted by Crippen LogP contribution is -2.30. The first-order chi connectivity index (χ1) is 13.7. The van der Waals surface area contributed by atoms with Gasteiger partial charge in [0, 0.05) is 12.5 Å². The fourth-order valence-electron chi connectivity index (χ4n) is 3.66. The number of benzene rings is 1. The summed E-state index contributed by atoms with van der Waals surface area (Å²) in [6.45, 7) is 9.82. The van der Waals surface area contributed by atoms with Crippen LogP contribution in [-0.4, -0.2) is 26.1 Å². The van der Waals surface area contributed by atoms with Crippen molar-refractivity contribution in [3.63, 3.8) is 0 Å². The third-order valence-electron chi connectivity index (χ3n) is 5.41. The topological polar surface area (TPSA) is 80.6 Å². The summed E-state index contributed by atoms with van der Waals surface area (Å²) in [6, 6.07) is 7.50. The van der Waals surface area contributed by atoms with Crippen molar-refractivity contribution >= 4 is 11.6 Å². The van der Waals surface area contributed by atoms with Crippen LogP contribution in [0.1, 0.15) is 66.8 Å². The van der Waals surface area contributed by atoms with E-state index in [9.17, 15) is 9.59 Å². The van der Waals surface area contributed by atoms with E-state index in [1.165, 1.54) is 0 Å². The van der Waals surface area contributed by atoms with E-state index in [1.807, 2.05) is 24.3 Å². The lowest BCUT2D eigenvalue weighted by atomic mass is 9.87. The lowest BCUT2D eigenvalue weighted by Gasteiger charge is -2.22. The second-order valence-electron chi connectivity index (χ2n) is 8.66. The average Bonchev–Trinajstić information content (AvgIpc) is 2.67. The summed E-state index contributed by atoms with van der Waals surface area (Å²) in [5, 5.41) is 6.15. The van der Waals surface area contributed by atoms with Crippen molar-refractivity contribution in [2.75, 3.05) is 25.5 Å². The van der Waals surface area contributed by atoms with Crippen molar-refractivity contribution in [3.8, 4) is 5.75 Å². The maximum atomic E-state index is 12.9. The van der Waals surface area contributed by atoms with Gasteiger partial charge in [-0.05, 0) is 61.1 Å². The number of hydrogen-bond acceptors (Lipinski definition) is 5. The number of ether oxygens (including phenoxy) is 1. The Bertz CT molecular complexity index is 950. The van der Waals surface area contributed by atoms with E-state index in [2.05, 4.69) is 31.4 Å². The molecule has 1 unspecified atom stereocenters. The zero-order valence-electron chi connectivity index (χ0n) is 17.8. The Kier molecular flexibility index (Phi) is 6.13. The molecule has 0 aliphatic carbocycles. The van der Waals surface area contributed by atoms with Gasteiger partial charge in [-0.1, -0.05) is 26.8 Å². The second kappa shape index (κ2) is 8.41. The Morgan fingerprint density at radius 1 is 1.28 bits per heavy atom. The van der Waals surface area contributed by atoms with Gasteiger partial charge in [0.2, 0.25) is 0 Å². The molecule has 0 saturated carbocycles. The zero-order chi connectivity index (χ0) is 21.2. The Balaban J connectivity index is 1.90. The first-order valence-corrected chi connectivity index (χ1v) is 10.1. The largest absolute Gasteiger partial charge is 0.495 e. The van der Waals surface area contributed by atoms with Crippen molar-refractivity contribution in [1.29, 1.82) is 0 Å². The van der Waals surface area contributed by atoms with Crippen LogP contribution in [0, 0.1) is 6.92 Å². The van der Waals surface area contributed by atoms with Gasteiger partial charge < -0.3 is 19.8 Å². The maximum absolute atomic E-state index is 12.9. The second-order valence-corrected chi connectivity index (χ2v) is 8.66. The molecule has 6 nitrogen and oxygen atoms in total. The first kappa shape index (κ1) is 21.1. The molecule has 2 aromatic rings. The van der Waals surface area contributed by atoms with Crippen LogP contribution in [-0.2, 0) is 5.41 Å². The molecule has 0 bridgehead atoms. The van der Waals surface area contributed by atoms with Gasteiger partial charge in [-0.2, -0.15) is 0 Å². The Hall–Kier alpha value is -2.60. The van der Waals surface area contributed by atoms with Crippen LogP contribution in [0.15, 0.2) is 33.5 Å². The Morgan fingerprint density at radius 2 is 2.03 bits per heavy atom. The van der Waals surface area contributed by atoms with Crippen LogP contribution in [0.25, 0.3) is 0 Å². The molecule has 1 saturated heterocycles. The van der Waals surface area contributed by atoms with Crippen molar-refractivity contribution in [3.05, 3.63) is 57.1 Å². The van der Waals surface area contributed by atoms with Crippen molar-refractivity contribution in [2.24, 2.45) is 0 Å². The predicted molar refractivity (Wildman–Crippen MR) is 114 cm³/mol. The Labute approximate surface area is 171 Å². The van der Waals surface area contributed by atoms with E-state index in [0.29, 0.717) is 22.8 Å². The third kappa shape index (κ3) is 4.70. The minimum Gasteiger partial charge on any atom is -0.495 e. The average molecular weight is 399 g/mol. The van der Waals surface area contributed by atoms with Gasteiger partial charge in [-0.15, -0.1) is 0 Å². The number of carbonyl (C=O) groups excluding carboxylic acids is 1. The molecule has 1 aliphatic heterocycles. The molecule has 1 aliphatic rings. The number of aryl methyl sites for hydroxylation is 1. The fraction of sp³-hybridized carbons (Fsp3) is 0.478. The van der Waals surface area contributed by atoms with Crippen LogP contribution in [0.4, 0.5) is 5.69 Å². The van der Waals surface area contributed by atoms with Gasteiger partial charge in [-0.3, -0.25) is 4.79 Å². The minimum absolute atomic E-state index is 0.0285. The van der Waals surface area contributed by atoms with Crippen molar-refractivity contribution in [1.82, 2.24) is 5.32 Å². The molecule has 6 heteroatoms. The third-order valence-corrected chi connectivity index (χ3v) is 5.41. The van der Waals surface area contributed by atoms with Crippen LogP contribution in [0.5, 0.6) is 5.75 Å². The number of anilines is 1. The van der Waals surface area contributed by atoms with Gasteiger partial charge in [-0.25, -0.2) is 4.79 Å². The highest BCUT2D eigenvalue weighted by atomic mass is 16.5. The highest BCUT2D eigenvalue weighted by Gasteiger charge is 2.24. The van der Waals surface area contributed by atoms with Crippen molar-refractivity contribution in [2.45, 2.75) is 51.9 Å². The molecule has 2 heterocycles.